The number of likely N-dealkylation sites (tertiary alicyclic amines) is 1. The summed E-state index contributed by atoms with van der Waals surface area (Å²) in [5.74, 6) is -0.473. The molecule has 2 aliphatic heterocycles. The van der Waals surface area contributed by atoms with E-state index in [1.54, 1.807) is 0 Å². The van der Waals surface area contributed by atoms with Gasteiger partial charge >= 0.3 is 6.09 Å². The maximum Gasteiger partial charge on any atom is 0.410 e. The van der Waals surface area contributed by atoms with Gasteiger partial charge in [0.15, 0.2) is 0 Å². The fraction of sp³-hybridized carbons (Fsp3) is 0.565. The van der Waals surface area contributed by atoms with Gasteiger partial charge in [-0.05, 0) is 35.7 Å². The van der Waals surface area contributed by atoms with Crippen molar-refractivity contribution in [2.75, 3.05) is 13.1 Å². The zero-order valence-electron chi connectivity index (χ0n) is 17.9. The number of hydrogen-bond acceptors (Lipinski definition) is 5. The number of carbonyl (C=O) groups is 4. The lowest BCUT2D eigenvalue weighted by molar-refractivity contribution is -0.129. The zero-order chi connectivity index (χ0) is 22.2. The van der Waals surface area contributed by atoms with E-state index in [0.717, 1.165) is 5.56 Å². The third-order valence-electron chi connectivity index (χ3n) is 7.11. The first-order chi connectivity index (χ1) is 14.8. The number of ether oxygens (including phenoxy) is 1. The van der Waals surface area contributed by atoms with Crippen LogP contribution in [0.2, 0.25) is 0 Å². The average molecular weight is 428 g/mol. The van der Waals surface area contributed by atoms with Crippen molar-refractivity contribution in [2.45, 2.75) is 45.4 Å². The van der Waals surface area contributed by atoms with Crippen molar-refractivity contribution < 1.29 is 23.9 Å². The highest BCUT2D eigenvalue weighted by atomic mass is 16.6. The van der Waals surface area contributed by atoms with Crippen LogP contribution in [0, 0.1) is 23.2 Å². The Hall–Kier alpha value is -2.90. The summed E-state index contributed by atoms with van der Waals surface area (Å²) in [6.07, 6.45) is 1.07. The second-order valence-electron chi connectivity index (χ2n) is 9.35. The lowest BCUT2D eigenvalue weighted by Crippen LogP contribution is -2.52. The standard InChI is InChI=1S/C23H29N3O5/c1-23(2)17-11-26(22(30)31-13-14-6-4-3-5-7-14)19(18(17)23)21(29)25-16(12-27)10-15-8-9-24-20(15)28/h3-7,12,15-19H,8-11,13H2,1-2H3,(H,24,28)(H,25,29)/t15-,16-,17-,18-,19?/m0/s1. The summed E-state index contributed by atoms with van der Waals surface area (Å²) in [5.41, 5.74) is 0.831. The topological polar surface area (TPSA) is 105 Å². The molecule has 0 spiro atoms. The number of nitrogens with zero attached hydrogens (tertiary/aromatic N) is 1. The molecular formula is C23H29N3O5. The molecule has 1 aromatic rings. The van der Waals surface area contributed by atoms with Gasteiger partial charge < -0.3 is 20.2 Å². The van der Waals surface area contributed by atoms with Gasteiger partial charge in [-0.1, -0.05) is 44.2 Å². The number of benzene rings is 1. The van der Waals surface area contributed by atoms with Gasteiger partial charge in [-0.2, -0.15) is 0 Å². The van der Waals surface area contributed by atoms with E-state index in [1.807, 2.05) is 30.3 Å². The smallest absolute Gasteiger partial charge is 0.410 e. The molecule has 2 saturated heterocycles. The van der Waals surface area contributed by atoms with Gasteiger partial charge in [0.25, 0.3) is 0 Å². The van der Waals surface area contributed by atoms with Crippen molar-refractivity contribution in [2.24, 2.45) is 23.2 Å². The highest BCUT2D eigenvalue weighted by Gasteiger charge is 2.69. The molecule has 0 radical (unpaired) electrons. The van der Waals surface area contributed by atoms with Crippen LogP contribution in [0.3, 0.4) is 0 Å². The van der Waals surface area contributed by atoms with Gasteiger partial charge in [-0.25, -0.2) is 4.79 Å². The van der Waals surface area contributed by atoms with Gasteiger partial charge in [0.1, 0.15) is 18.9 Å². The summed E-state index contributed by atoms with van der Waals surface area (Å²) in [6.45, 7) is 5.37. The normalized spacial score (nSPS) is 29.0. The van der Waals surface area contributed by atoms with Crippen LogP contribution in [0.1, 0.15) is 32.3 Å². The van der Waals surface area contributed by atoms with Crippen LogP contribution < -0.4 is 10.6 Å². The molecule has 1 aromatic carbocycles. The van der Waals surface area contributed by atoms with E-state index < -0.39 is 18.2 Å². The molecule has 1 aliphatic carbocycles. The second kappa shape index (κ2) is 8.32. The predicted molar refractivity (Wildman–Crippen MR) is 112 cm³/mol. The fourth-order valence-corrected chi connectivity index (χ4v) is 5.17. The quantitative estimate of drug-likeness (QED) is 0.642. The van der Waals surface area contributed by atoms with Crippen LogP contribution >= 0.6 is 0 Å². The molecule has 166 valence electrons. The Kier molecular flexibility index (Phi) is 5.73. The molecule has 8 nitrogen and oxygen atoms in total. The Morgan fingerprint density at radius 3 is 2.71 bits per heavy atom. The Labute approximate surface area is 181 Å². The Bertz CT molecular complexity index is 871. The molecule has 31 heavy (non-hydrogen) atoms. The molecule has 0 bridgehead atoms. The number of amides is 3. The van der Waals surface area contributed by atoms with Gasteiger partial charge in [-0.15, -0.1) is 0 Å². The minimum atomic E-state index is -0.760. The number of piperidine rings is 1. The predicted octanol–water partition coefficient (Wildman–Crippen LogP) is 1.49. The molecular weight excluding hydrogens is 398 g/mol. The lowest BCUT2D eigenvalue weighted by Gasteiger charge is -2.30. The number of carbonyl (C=O) groups excluding carboxylic acids is 4. The summed E-state index contributed by atoms with van der Waals surface area (Å²) in [5, 5.41) is 5.52. The molecule has 4 rings (SSSR count). The fourth-order valence-electron chi connectivity index (χ4n) is 5.17. The van der Waals surface area contributed by atoms with Gasteiger partial charge in [0, 0.05) is 19.0 Å². The minimum Gasteiger partial charge on any atom is -0.445 e. The summed E-state index contributed by atoms with van der Waals surface area (Å²) in [6, 6.07) is 7.94. The van der Waals surface area contributed by atoms with E-state index in [1.165, 1.54) is 4.90 Å². The first-order valence-corrected chi connectivity index (χ1v) is 10.8. The molecule has 3 aliphatic rings. The number of aldehydes is 1. The number of nitrogens with one attached hydrogen (secondary N) is 2. The van der Waals surface area contributed by atoms with Crippen LogP contribution in [0.4, 0.5) is 4.79 Å². The Morgan fingerprint density at radius 2 is 2.06 bits per heavy atom. The molecule has 0 aromatic heterocycles. The molecule has 1 unspecified atom stereocenters. The Morgan fingerprint density at radius 1 is 1.32 bits per heavy atom. The third-order valence-corrected chi connectivity index (χ3v) is 7.11. The van der Waals surface area contributed by atoms with E-state index in [2.05, 4.69) is 24.5 Å². The van der Waals surface area contributed by atoms with Crippen molar-refractivity contribution in [3.05, 3.63) is 35.9 Å². The maximum absolute atomic E-state index is 13.2. The first kappa shape index (κ1) is 21.3. The zero-order valence-corrected chi connectivity index (χ0v) is 17.9. The summed E-state index contributed by atoms with van der Waals surface area (Å²) in [7, 11) is 0. The number of fused-ring (bicyclic) bond motifs is 1. The molecule has 2 heterocycles. The molecule has 8 heteroatoms. The van der Waals surface area contributed by atoms with E-state index in [4.69, 9.17) is 4.74 Å². The van der Waals surface area contributed by atoms with E-state index in [9.17, 15) is 19.2 Å². The van der Waals surface area contributed by atoms with E-state index in [0.29, 0.717) is 25.8 Å². The van der Waals surface area contributed by atoms with Crippen molar-refractivity contribution >= 4 is 24.2 Å². The van der Waals surface area contributed by atoms with Crippen LogP contribution in [-0.2, 0) is 25.7 Å². The molecule has 3 amide bonds. The molecule has 5 atom stereocenters. The van der Waals surface area contributed by atoms with Crippen molar-refractivity contribution in [1.29, 1.82) is 0 Å². The van der Waals surface area contributed by atoms with E-state index >= 15 is 0 Å². The SMILES string of the molecule is CC1(C)[C@@H]2C(C(=O)N[C@H](C=O)C[C@@H]3CCNC3=O)N(C(=O)OCc3ccccc3)C[C@@H]21. The highest BCUT2D eigenvalue weighted by molar-refractivity contribution is 5.89. The van der Waals surface area contributed by atoms with Crippen molar-refractivity contribution in [3.8, 4) is 0 Å². The Balaban J connectivity index is 1.41. The van der Waals surface area contributed by atoms with E-state index in [-0.39, 0.29) is 48.0 Å². The molecule has 1 saturated carbocycles. The first-order valence-electron chi connectivity index (χ1n) is 10.8. The van der Waals surface area contributed by atoms with Crippen LogP contribution in [0.25, 0.3) is 0 Å². The number of hydrogen-bond donors (Lipinski definition) is 2. The largest absolute Gasteiger partial charge is 0.445 e. The summed E-state index contributed by atoms with van der Waals surface area (Å²) in [4.78, 5) is 50.9. The van der Waals surface area contributed by atoms with Crippen molar-refractivity contribution in [1.82, 2.24) is 15.5 Å². The third kappa shape index (κ3) is 4.16. The minimum absolute atomic E-state index is 0.0267. The van der Waals surface area contributed by atoms with Crippen LogP contribution in [0.5, 0.6) is 0 Å². The monoisotopic (exact) mass is 427 g/mol. The van der Waals surface area contributed by atoms with Crippen LogP contribution in [0.15, 0.2) is 30.3 Å². The lowest BCUT2D eigenvalue weighted by atomic mass is 9.97. The highest BCUT2D eigenvalue weighted by Crippen LogP contribution is 2.64. The second-order valence-corrected chi connectivity index (χ2v) is 9.35. The molecule has 2 N–H and O–H groups in total. The number of rotatable bonds is 7. The van der Waals surface area contributed by atoms with Crippen molar-refractivity contribution in [3.63, 3.8) is 0 Å². The summed E-state index contributed by atoms with van der Waals surface area (Å²) >= 11 is 0. The van der Waals surface area contributed by atoms with Gasteiger partial charge in [0.05, 0.1) is 6.04 Å². The van der Waals surface area contributed by atoms with Crippen LogP contribution in [-0.4, -0.2) is 54.3 Å². The average Bonchev–Trinajstić information content (AvgIpc) is 3.13. The van der Waals surface area contributed by atoms with Gasteiger partial charge in [-0.3, -0.25) is 14.5 Å². The molecule has 3 fully saturated rings. The summed E-state index contributed by atoms with van der Waals surface area (Å²) < 4.78 is 5.47. The van der Waals surface area contributed by atoms with Gasteiger partial charge in [0.2, 0.25) is 11.8 Å². The maximum atomic E-state index is 13.2.